The molecule has 0 bridgehead atoms. The molecule has 0 aromatic heterocycles. The molecular formula is C18H22FN. The van der Waals surface area contributed by atoms with Crippen LogP contribution in [0.2, 0.25) is 0 Å². The van der Waals surface area contributed by atoms with E-state index in [0.717, 1.165) is 24.8 Å². The van der Waals surface area contributed by atoms with Gasteiger partial charge in [-0.1, -0.05) is 42.8 Å². The lowest BCUT2D eigenvalue weighted by atomic mass is 9.94. The minimum atomic E-state index is -0.153. The summed E-state index contributed by atoms with van der Waals surface area (Å²) < 4.78 is 13.9. The van der Waals surface area contributed by atoms with Crippen LogP contribution in [0, 0.1) is 5.82 Å². The molecule has 0 spiro atoms. The molecule has 0 radical (unpaired) electrons. The van der Waals surface area contributed by atoms with Gasteiger partial charge in [-0.15, -0.1) is 6.58 Å². The van der Waals surface area contributed by atoms with Crippen molar-refractivity contribution in [1.29, 1.82) is 0 Å². The molecule has 20 heavy (non-hydrogen) atoms. The quantitative estimate of drug-likeness (QED) is 0.730. The van der Waals surface area contributed by atoms with Crippen molar-refractivity contribution in [2.45, 2.75) is 32.7 Å². The van der Waals surface area contributed by atoms with Gasteiger partial charge in [0.15, 0.2) is 0 Å². The molecule has 2 heteroatoms. The largest absolute Gasteiger partial charge is 0.310 e. The molecule has 0 amide bonds. The number of benzene rings is 2. The lowest BCUT2D eigenvalue weighted by Crippen LogP contribution is -2.21. The predicted molar refractivity (Wildman–Crippen MR) is 84.4 cm³/mol. The van der Waals surface area contributed by atoms with Crippen molar-refractivity contribution < 1.29 is 4.39 Å². The first-order valence-electron chi connectivity index (χ1n) is 7.18. The van der Waals surface area contributed by atoms with Crippen LogP contribution in [0.1, 0.15) is 38.3 Å². The number of rotatable bonds is 6. The Bertz CT molecular complexity index is 603. The standard InChI is InChI=1S/C18H22FN/c1-4-20-18(12-9-13(2)3)16-10-11-17(19)15-8-6-5-7-14(15)16/h5-8,10-11,18,20H,2,4,9,12H2,1,3H3. The van der Waals surface area contributed by atoms with Crippen molar-refractivity contribution in [3.05, 3.63) is 59.9 Å². The van der Waals surface area contributed by atoms with E-state index in [1.807, 2.05) is 37.3 Å². The summed E-state index contributed by atoms with van der Waals surface area (Å²) in [5, 5.41) is 5.20. The Kier molecular flexibility index (Phi) is 4.91. The molecular weight excluding hydrogens is 249 g/mol. The molecule has 1 atom stereocenters. The lowest BCUT2D eigenvalue weighted by Gasteiger charge is -2.20. The van der Waals surface area contributed by atoms with Gasteiger partial charge in [0, 0.05) is 11.4 Å². The van der Waals surface area contributed by atoms with E-state index in [0.29, 0.717) is 5.39 Å². The van der Waals surface area contributed by atoms with Crippen molar-refractivity contribution in [2.24, 2.45) is 0 Å². The Balaban J connectivity index is 2.42. The Morgan fingerprint density at radius 2 is 1.90 bits per heavy atom. The molecule has 1 unspecified atom stereocenters. The zero-order valence-corrected chi connectivity index (χ0v) is 12.2. The van der Waals surface area contributed by atoms with Crippen molar-refractivity contribution in [2.75, 3.05) is 6.54 Å². The second kappa shape index (κ2) is 6.67. The topological polar surface area (TPSA) is 12.0 Å². The Morgan fingerprint density at radius 3 is 2.55 bits per heavy atom. The molecule has 1 nitrogen and oxygen atoms in total. The van der Waals surface area contributed by atoms with Gasteiger partial charge in [0.1, 0.15) is 5.82 Å². The van der Waals surface area contributed by atoms with Crippen molar-refractivity contribution >= 4 is 10.8 Å². The number of allylic oxidation sites excluding steroid dienone is 1. The van der Waals surface area contributed by atoms with Crippen LogP contribution >= 0.6 is 0 Å². The third-order valence-corrected chi connectivity index (χ3v) is 3.59. The van der Waals surface area contributed by atoms with Crippen LogP contribution in [-0.4, -0.2) is 6.54 Å². The molecule has 0 saturated carbocycles. The van der Waals surface area contributed by atoms with E-state index in [9.17, 15) is 4.39 Å². The fourth-order valence-electron chi connectivity index (χ4n) is 2.59. The molecule has 106 valence electrons. The average Bonchev–Trinajstić information content (AvgIpc) is 2.44. The maximum Gasteiger partial charge on any atom is 0.131 e. The molecule has 0 aliphatic heterocycles. The smallest absolute Gasteiger partial charge is 0.131 e. The van der Waals surface area contributed by atoms with Crippen LogP contribution in [-0.2, 0) is 0 Å². The maximum absolute atomic E-state index is 13.9. The van der Waals surface area contributed by atoms with E-state index >= 15 is 0 Å². The monoisotopic (exact) mass is 271 g/mol. The van der Waals surface area contributed by atoms with E-state index in [1.54, 1.807) is 6.07 Å². The first-order valence-corrected chi connectivity index (χ1v) is 7.18. The van der Waals surface area contributed by atoms with Gasteiger partial charge in [0.25, 0.3) is 0 Å². The molecule has 0 heterocycles. The van der Waals surface area contributed by atoms with Gasteiger partial charge >= 0.3 is 0 Å². The summed E-state index contributed by atoms with van der Waals surface area (Å²) in [6.07, 6.45) is 1.96. The zero-order chi connectivity index (χ0) is 14.5. The summed E-state index contributed by atoms with van der Waals surface area (Å²) in [6.45, 7) is 9.01. The van der Waals surface area contributed by atoms with Gasteiger partial charge in [-0.3, -0.25) is 0 Å². The van der Waals surface area contributed by atoms with Crippen LogP contribution in [0.3, 0.4) is 0 Å². The van der Waals surface area contributed by atoms with E-state index in [-0.39, 0.29) is 11.9 Å². The highest BCUT2D eigenvalue weighted by atomic mass is 19.1. The van der Waals surface area contributed by atoms with Gasteiger partial charge in [-0.2, -0.15) is 0 Å². The predicted octanol–water partition coefficient (Wildman–Crippen LogP) is 4.99. The number of halogens is 1. The molecule has 0 saturated heterocycles. The minimum absolute atomic E-state index is 0.153. The van der Waals surface area contributed by atoms with E-state index < -0.39 is 0 Å². The van der Waals surface area contributed by atoms with Gasteiger partial charge in [-0.05, 0) is 43.3 Å². The zero-order valence-electron chi connectivity index (χ0n) is 12.2. The molecule has 2 rings (SSSR count). The van der Waals surface area contributed by atoms with E-state index in [2.05, 4.69) is 18.8 Å². The van der Waals surface area contributed by atoms with Crippen LogP contribution in [0.4, 0.5) is 4.39 Å². The fraction of sp³-hybridized carbons (Fsp3) is 0.333. The lowest BCUT2D eigenvalue weighted by molar-refractivity contribution is 0.517. The summed E-state index contributed by atoms with van der Waals surface area (Å²) >= 11 is 0. The average molecular weight is 271 g/mol. The number of nitrogens with one attached hydrogen (secondary N) is 1. The first-order chi connectivity index (χ1) is 9.63. The van der Waals surface area contributed by atoms with Gasteiger partial charge in [0.2, 0.25) is 0 Å². The van der Waals surface area contributed by atoms with Crippen molar-refractivity contribution in [3.63, 3.8) is 0 Å². The maximum atomic E-state index is 13.9. The summed E-state index contributed by atoms with van der Waals surface area (Å²) in [6, 6.07) is 11.4. The Labute approximate surface area is 120 Å². The molecule has 2 aromatic carbocycles. The van der Waals surface area contributed by atoms with Crippen molar-refractivity contribution in [3.8, 4) is 0 Å². The summed E-state index contributed by atoms with van der Waals surface area (Å²) in [5.74, 6) is -0.153. The fourth-order valence-corrected chi connectivity index (χ4v) is 2.59. The number of fused-ring (bicyclic) bond motifs is 1. The second-order valence-electron chi connectivity index (χ2n) is 5.29. The van der Waals surface area contributed by atoms with Crippen LogP contribution in [0.25, 0.3) is 10.8 Å². The SMILES string of the molecule is C=C(C)CCC(NCC)c1ccc(F)c2ccccc12. The Morgan fingerprint density at radius 1 is 1.20 bits per heavy atom. The normalized spacial score (nSPS) is 12.6. The summed E-state index contributed by atoms with van der Waals surface area (Å²) in [4.78, 5) is 0. The second-order valence-corrected chi connectivity index (χ2v) is 5.29. The highest BCUT2D eigenvalue weighted by molar-refractivity contribution is 5.86. The summed E-state index contributed by atoms with van der Waals surface area (Å²) in [5.41, 5.74) is 2.35. The van der Waals surface area contributed by atoms with E-state index in [1.165, 1.54) is 11.1 Å². The number of hydrogen-bond acceptors (Lipinski definition) is 1. The van der Waals surface area contributed by atoms with Crippen molar-refractivity contribution in [1.82, 2.24) is 5.32 Å². The third kappa shape index (κ3) is 3.26. The van der Waals surface area contributed by atoms with Gasteiger partial charge in [-0.25, -0.2) is 4.39 Å². The molecule has 0 aliphatic rings. The molecule has 0 fully saturated rings. The molecule has 2 aromatic rings. The van der Waals surface area contributed by atoms with Crippen LogP contribution in [0.15, 0.2) is 48.6 Å². The molecule has 0 aliphatic carbocycles. The Hall–Kier alpha value is -1.67. The first kappa shape index (κ1) is 14.7. The van der Waals surface area contributed by atoms with Crippen LogP contribution in [0.5, 0.6) is 0 Å². The molecule has 1 N–H and O–H groups in total. The third-order valence-electron chi connectivity index (χ3n) is 3.59. The highest BCUT2D eigenvalue weighted by Gasteiger charge is 2.14. The van der Waals surface area contributed by atoms with Gasteiger partial charge in [0.05, 0.1) is 0 Å². The highest BCUT2D eigenvalue weighted by Crippen LogP contribution is 2.29. The minimum Gasteiger partial charge on any atom is -0.310 e. The van der Waals surface area contributed by atoms with Crippen LogP contribution < -0.4 is 5.32 Å². The summed E-state index contributed by atoms with van der Waals surface area (Å²) in [7, 11) is 0. The number of hydrogen-bond donors (Lipinski definition) is 1. The van der Waals surface area contributed by atoms with Gasteiger partial charge < -0.3 is 5.32 Å². The van der Waals surface area contributed by atoms with E-state index in [4.69, 9.17) is 0 Å².